The monoisotopic (exact) mass is 314 g/mol. The predicted molar refractivity (Wildman–Crippen MR) is 84.8 cm³/mol. The quantitative estimate of drug-likeness (QED) is 0.850. The highest BCUT2D eigenvalue weighted by atomic mass is 16.6. The lowest BCUT2D eigenvalue weighted by atomic mass is 9.98. The van der Waals surface area contributed by atoms with Crippen molar-refractivity contribution in [2.24, 2.45) is 5.92 Å². The zero-order valence-corrected chi connectivity index (χ0v) is 14.7. The zero-order chi connectivity index (χ0) is 17.0. The topological polar surface area (TPSA) is 67.9 Å². The van der Waals surface area contributed by atoms with Gasteiger partial charge in [0.15, 0.2) is 0 Å². The van der Waals surface area contributed by atoms with Crippen LogP contribution in [0.3, 0.4) is 0 Å². The first kappa shape index (κ1) is 18.6. The van der Waals surface area contributed by atoms with E-state index in [9.17, 15) is 9.59 Å². The number of carbonyl (C=O) groups excluding carboxylic acids is 2. The van der Waals surface area contributed by atoms with E-state index in [0.717, 1.165) is 12.8 Å². The number of hydrogen-bond acceptors (Lipinski definition) is 4. The third-order valence-corrected chi connectivity index (χ3v) is 3.10. The Morgan fingerprint density at radius 1 is 1.09 bits per heavy atom. The summed E-state index contributed by atoms with van der Waals surface area (Å²) in [4.78, 5) is 25.5. The molecule has 1 fully saturated rings. The van der Waals surface area contributed by atoms with Crippen LogP contribution in [0.5, 0.6) is 0 Å². The van der Waals surface area contributed by atoms with E-state index in [1.807, 2.05) is 41.5 Å². The molecule has 0 radical (unpaired) electrons. The average Bonchev–Trinajstić information content (AvgIpc) is 2.32. The zero-order valence-electron chi connectivity index (χ0n) is 14.7. The number of alkyl carbamates (subject to hydrolysis) is 1. The number of amides is 2. The van der Waals surface area contributed by atoms with E-state index in [-0.39, 0.29) is 12.0 Å². The summed E-state index contributed by atoms with van der Waals surface area (Å²) in [5.74, 6) is 0.230. The summed E-state index contributed by atoms with van der Waals surface area (Å²) in [5, 5.41) is 2.78. The second kappa shape index (κ2) is 7.20. The fourth-order valence-electron chi connectivity index (χ4n) is 2.27. The highest BCUT2D eigenvalue weighted by Gasteiger charge is 2.28. The molecule has 1 rings (SSSR count). The maximum atomic E-state index is 12.1. The van der Waals surface area contributed by atoms with Crippen molar-refractivity contribution in [1.29, 1.82) is 0 Å². The summed E-state index contributed by atoms with van der Waals surface area (Å²) in [6.45, 7) is 12.9. The molecule has 6 nitrogen and oxygen atoms in total. The first-order valence-electron chi connectivity index (χ1n) is 7.91. The molecule has 0 spiro atoms. The van der Waals surface area contributed by atoms with Gasteiger partial charge in [0.1, 0.15) is 11.2 Å². The molecule has 0 aromatic rings. The Morgan fingerprint density at radius 3 is 2.23 bits per heavy atom. The Morgan fingerprint density at radius 2 is 1.68 bits per heavy atom. The van der Waals surface area contributed by atoms with Crippen molar-refractivity contribution in [3.63, 3.8) is 0 Å². The van der Waals surface area contributed by atoms with Gasteiger partial charge in [0.05, 0.1) is 0 Å². The fourth-order valence-corrected chi connectivity index (χ4v) is 2.27. The van der Waals surface area contributed by atoms with Gasteiger partial charge >= 0.3 is 12.2 Å². The van der Waals surface area contributed by atoms with E-state index in [1.165, 1.54) is 0 Å². The van der Waals surface area contributed by atoms with Crippen LogP contribution in [-0.2, 0) is 9.47 Å². The van der Waals surface area contributed by atoms with Crippen molar-refractivity contribution in [2.45, 2.75) is 65.6 Å². The van der Waals surface area contributed by atoms with E-state index in [2.05, 4.69) is 5.32 Å². The number of piperidine rings is 1. The Kier molecular flexibility index (Phi) is 6.08. The molecular weight excluding hydrogens is 284 g/mol. The standard InChI is InChI=1S/C16H30N2O4/c1-15(2,3)21-13(19)17-10-12-8-7-9-18(11-12)14(20)22-16(4,5)6/h12H,7-11H2,1-6H3,(H,17,19). The number of hydrogen-bond donors (Lipinski definition) is 1. The Balaban J connectivity index is 2.40. The second-order valence-electron chi connectivity index (χ2n) is 7.82. The van der Waals surface area contributed by atoms with E-state index < -0.39 is 17.3 Å². The van der Waals surface area contributed by atoms with Crippen molar-refractivity contribution in [3.8, 4) is 0 Å². The number of ether oxygens (including phenoxy) is 2. The molecule has 0 aromatic heterocycles. The first-order chi connectivity index (χ1) is 9.96. The molecule has 6 heteroatoms. The van der Waals surface area contributed by atoms with Crippen LogP contribution in [0.1, 0.15) is 54.4 Å². The molecule has 1 aliphatic heterocycles. The van der Waals surface area contributed by atoms with Gasteiger partial charge in [-0.3, -0.25) is 0 Å². The van der Waals surface area contributed by atoms with Crippen molar-refractivity contribution in [2.75, 3.05) is 19.6 Å². The van der Waals surface area contributed by atoms with Gasteiger partial charge in [0.25, 0.3) is 0 Å². The van der Waals surface area contributed by atoms with Gasteiger partial charge in [0, 0.05) is 19.6 Å². The summed E-state index contributed by atoms with van der Waals surface area (Å²) in [5.41, 5.74) is -0.988. The molecule has 1 unspecified atom stereocenters. The van der Waals surface area contributed by atoms with Crippen LogP contribution in [0.2, 0.25) is 0 Å². The van der Waals surface area contributed by atoms with Crippen LogP contribution < -0.4 is 5.32 Å². The Hall–Kier alpha value is -1.46. The Labute approximate surface area is 133 Å². The van der Waals surface area contributed by atoms with Gasteiger partial charge in [0.2, 0.25) is 0 Å². The van der Waals surface area contributed by atoms with Gasteiger partial charge in [-0.2, -0.15) is 0 Å². The summed E-state index contributed by atoms with van der Waals surface area (Å²) < 4.78 is 10.6. The van der Waals surface area contributed by atoms with E-state index in [0.29, 0.717) is 19.6 Å². The number of carbonyl (C=O) groups is 2. The van der Waals surface area contributed by atoms with Crippen LogP contribution in [0.15, 0.2) is 0 Å². The average molecular weight is 314 g/mol. The van der Waals surface area contributed by atoms with Crippen molar-refractivity contribution in [1.82, 2.24) is 10.2 Å². The minimum absolute atomic E-state index is 0.230. The lowest BCUT2D eigenvalue weighted by Crippen LogP contribution is -2.46. The molecule has 1 heterocycles. The predicted octanol–water partition coefficient (Wildman–Crippen LogP) is 3.16. The summed E-state index contributed by atoms with van der Waals surface area (Å²) in [6, 6.07) is 0. The van der Waals surface area contributed by atoms with E-state index in [4.69, 9.17) is 9.47 Å². The van der Waals surface area contributed by atoms with Gasteiger partial charge in [-0.05, 0) is 60.3 Å². The molecule has 0 bridgehead atoms. The second-order valence-corrected chi connectivity index (χ2v) is 7.82. The van der Waals surface area contributed by atoms with Gasteiger partial charge in [-0.25, -0.2) is 9.59 Å². The van der Waals surface area contributed by atoms with Crippen molar-refractivity contribution < 1.29 is 19.1 Å². The fraction of sp³-hybridized carbons (Fsp3) is 0.875. The maximum absolute atomic E-state index is 12.1. The maximum Gasteiger partial charge on any atom is 0.410 e. The van der Waals surface area contributed by atoms with Crippen molar-refractivity contribution >= 4 is 12.2 Å². The first-order valence-corrected chi connectivity index (χ1v) is 7.91. The molecule has 1 atom stereocenters. The molecular formula is C16H30N2O4. The van der Waals surface area contributed by atoms with Crippen molar-refractivity contribution in [3.05, 3.63) is 0 Å². The number of nitrogens with one attached hydrogen (secondary N) is 1. The largest absolute Gasteiger partial charge is 0.444 e. The van der Waals surface area contributed by atoms with Crippen LogP contribution in [-0.4, -0.2) is 47.9 Å². The van der Waals surface area contributed by atoms with Gasteiger partial charge in [-0.15, -0.1) is 0 Å². The van der Waals surface area contributed by atoms with Crippen LogP contribution >= 0.6 is 0 Å². The van der Waals surface area contributed by atoms with E-state index >= 15 is 0 Å². The lowest BCUT2D eigenvalue weighted by molar-refractivity contribution is 0.0163. The van der Waals surface area contributed by atoms with Crippen LogP contribution in [0.4, 0.5) is 9.59 Å². The molecule has 22 heavy (non-hydrogen) atoms. The minimum Gasteiger partial charge on any atom is -0.444 e. The highest BCUT2D eigenvalue weighted by molar-refractivity contribution is 5.68. The molecule has 0 saturated carbocycles. The van der Waals surface area contributed by atoms with Gasteiger partial charge in [-0.1, -0.05) is 0 Å². The molecule has 0 aliphatic carbocycles. The molecule has 128 valence electrons. The summed E-state index contributed by atoms with van der Waals surface area (Å²) >= 11 is 0. The molecule has 1 saturated heterocycles. The SMILES string of the molecule is CC(C)(C)OC(=O)NCC1CCCN(C(=O)OC(C)(C)C)C1. The van der Waals surface area contributed by atoms with E-state index in [1.54, 1.807) is 4.90 Å². The molecule has 0 aromatic carbocycles. The number of rotatable bonds is 2. The van der Waals surface area contributed by atoms with Gasteiger partial charge < -0.3 is 19.7 Å². The molecule has 2 amide bonds. The summed E-state index contributed by atoms with van der Waals surface area (Å²) in [7, 11) is 0. The normalized spacial score (nSPS) is 19.5. The molecule has 1 N–H and O–H groups in total. The smallest absolute Gasteiger partial charge is 0.410 e. The Bertz CT molecular complexity index is 396. The summed E-state index contributed by atoms with van der Waals surface area (Å²) in [6.07, 6.45) is 1.20. The number of likely N-dealkylation sites (tertiary alicyclic amines) is 1. The highest BCUT2D eigenvalue weighted by Crippen LogP contribution is 2.19. The number of nitrogens with zero attached hydrogens (tertiary/aromatic N) is 1. The minimum atomic E-state index is -0.501. The van der Waals surface area contributed by atoms with Crippen LogP contribution in [0, 0.1) is 5.92 Å². The third-order valence-electron chi connectivity index (χ3n) is 3.10. The van der Waals surface area contributed by atoms with Crippen LogP contribution in [0.25, 0.3) is 0 Å². The third kappa shape index (κ3) is 7.52. The molecule has 1 aliphatic rings. The lowest BCUT2D eigenvalue weighted by Gasteiger charge is -2.34.